The maximum Gasteiger partial charge on any atom is 0.0840 e. The van der Waals surface area contributed by atoms with Gasteiger partial charge in [0.25, 0.3) is 0 Å². The van der Waals surface area contributed by atoms with Gasteiger partial charge in [0.05, 0.1) is 13.1 Å². The summed E-state index contributed by atoms with van der Waals surface area (Å²) in [6.07, 6.45) is 4.41. The molecule has 0 aromatic rings. The molecule has 0 spiro atoms. The van der Waals surface area contributed by atoms with E-state index in [1.165, 1.54) is 0 Å². The zero-order valence-electron chi connectivity index (χ0n) is 9.97. The lowest BCUT2D eigenvalue weighted by Crippen LogP contribution is -2.09. The second kappa shape index (κ2) is 10.7. The lowest BCUT2D eigenvalue weighted by molar-refractivity contribution is 0.268. The predicted molar refractivity (Wildman–Crippen MR) is 64.1 cm³/mol. The highest BCUT2D eigenvalue weighted by Gasteiger charge is 2.11. The molecule has 0 radical (unpaired) electrons. The van der Waals surface area contributed by atoms with Crippen molar-refractivity contribution < 1.29 is 5.11 Å². The molecule has 0 amide bonds. The van der Waals surface area contributed by atoms with Crippen molar-refractivity contribution in [2.24, 2.45) is 22.2 Å². The smallest absolute Gasteiger partial charge is 0.0840 e. The number of nitroso groups, excluding NO2 is 2. The quantitative estimate of drug-likeness (QED) is 0.554. The SMILES string of the molecule is CC(CCCO)CCC(CCN=O)CN=O. The van der Waals surface area contributed by atoms with Crippen LogP contribution in [0.5, 0.6) is 0 Å². The largest absolute Gasteiger partial charge is 0.396 e. The third-order valence-electron chi connectivity index (χ3n) is 2.88. The van der Waals surface area contributed by atoms with Gasteiger partial charge in [-0.2, -0.15) is 9.81 Å². The molecule has 0 saturated carbocycles. The first-order valence-electron chi connectivity index (χ1n) is 5.93. The minimum atomic E-state index is 0.187. The average molecular weight is 230 g/mol. The van der Waals surface area contributed by atoms with Crippen LogP contribution in [-0.2, 0) is 0 Å². The molecule has 2 atom stereocenters. The van der Waals surface area contributed by atoms with Gasteiger partial charge in [-0.25, -0.2) is 0 Å². The van der Waals surface area contributed by atoms with Crippen molar-refractivity contribution in [2.75, 3.05) is 19.7 Å². The van der Waals surface area contributed by atoms with Crippen LogP contribution in [0.4, 0.5) is 0 Å². The molecule has 5 heteroatoms. The predicted octanol–water partition coefficient (Wildman–Crippen LogP) is 2.71. The fourth-order valence-electron chi connectivity index (χ4n) is 1.77. The monoisotopic (exact) mass is 230 g/mol. The summed E-state index contributed by atoms with van der Waals surface area (Å²) in [7, 11) is 0. The zero-order chi connectivity index (χ0) is 12.2. The van der Waals surface area contributed by atoms with Crippen molar-refractivity contribution in [3.8, 4) is 0 Å². The molecule has 0 aromatic carbocycles. The number of hydrogen-bond donors (Lipinski definition) is 1. The van der Waals surface area contributed by atoms with Crippen molar-refractivity contribution in [1.29, 1.82) is 0 Å². The van der Waals surface area contributed by atoms with Gasteiger partial charge in [0.1, 0.15) is 0 Å². The first-order chi connectivity index (χ1) is 7.74. The van der Waals surface area contributed by atoms with E-state index in [-0.39, 0.29) is 25.6 Å². The highest BCUT2D eigenvalue weighted by atomic mass is 16.3. The number of nitrogens with zero attached hydrogens (tertiary/aromatic N) is 2. The molecule has 0 heterocycles. The van der Waals surface area contributed by atoms with Crippen LogP contribution in [-0.4, -0.2) is 24.8 Å². The Morgan fingerprint density at radius 3 is 2.38 bits per heavy atom. The van der Waals surface area contributed by atoms with Crippen molar-refractivity contribution in [3.05, 3.63) is 9.81 Å². The van der Waals surface area contributed by atoms with Gasteiger partial charge in [0, 0.05) is 6.61 Å². The topological polar surface area (TPSA) is 79.1 Å². The van der Waals surface area contributed by atoms with E-state index in [4.69, 9.17) is 5.11 Å². The lowest BCUT2D eigenvalue weighted by atomic mass is 9.92. The van der Waals surface area contributed by atoms with Crippen LogP contribution >= 0.6 is 0 Å². The third-order valence-corrected chi connectivity index (χ3v) is 2.88. The summed E-state index contributed by atoms with van der Waals surface area (Å²) >= 11 is 0. The van der Waals surface area contributed by atoms with Crippen LogP contribution in [0.3, 0.4) is 0 Å². The summed E-state index contributed by atoms with van der Waals surface area (Å²) in [5.74, 6) is 0.734. The number of aliphatic hydroxyl groups excluding tert-OH is 1. The number of aliphatic hydroxyl groups is 1. The molecule has 16 heavy (non-hydrogen) atoms. The minimum absolute atomic E-state index is 0.187. The number of hydrogen-bond acceptors (Lipinski definition) is 5. The van der Waals surface area contributed by atoms with E-state index in [9.17, 15) is 9.81 Å². The van der Waals surface area contributed by atoms with Gasteiger partial charge in [0.2, 0.25) is 0 Å². The van der Waals surface area contributed by atoms with Crippen LogP contribution in [0.25, 0.3) is 0 Å². The molecule has 0 aliphatic rings. The average Bonchev–Trinajstić information content (AvgIpc) is 2.30. The molecular weight excluding hydrogens is 208 g/mol. The highest BCUT2D eigenvalue weighted by molar-refractivity contribution is 4.66. The summed E-state index contributed by atoms with van der Waals surface area (Å²) < 4.78 is 0. The molecule has 1 N–H and O–H groups in total. The van der Waals surface area contributed by atoms with E-state index >= 15 is 0 Å². The molecule has 0 aliphatic heterocycles. The highest BCUT2D eigenvalue weighted by Crippen LogP contribution is 2.19. The molecule has 0 bridgehead atoms. The van der Waals surface area contributed by atoms with Gasteiger partial charge >= 0.3 is 0 Å². The van der Waals surface area contributed by atoms with E-state index in [0.717, 1.165) is 25.7 Å². The Balaban J connectivity index is 3.71. The second-order valence-electron chi connectivity index (χ2n) is 4.37. The van der Waals surface area contributed by atoms with Crippen molar-refractivity contribution in [1.82, 2.24) is 0 Å². The third kappa shape index (κ3) is 8.47. The fourth-order valence-corrected chi connectivity index (χ4v) is 1.77. The van der Waals surface area contributed by atoms with Crippen LogP contribution < -0.4 is 0 Å². The molecule has 94 valence electrons. The maximum absolute atomic E-state index is 10.2. The summed E-state index contributed by atoms with van der Waals surface area (Å²) in [5, 5.41) is 14.4. The van der Waals surface area contributed by atoms with Crippen LogP contribution in [0.2, 0.25) is 0 Å². The van der Waals surface area contributed by atoms with Crippen LogP contribution in [0.15, 0.2) is 10.4 Å². The van der Waals surface area contributed by atoms with E-state index < -0.39 is 0 Å². The Labute approximate surface area is 96.6 Å². The number of rotatable bonds is 11. The first-order valence-corrected chi connectivity index (χ1v) is 5.93. The minimum Gasteiger partial charge on any atom is -0.396 e. The summed E-state index contributed by atoms with van der Waals surface area (Å²) in [4.78, 5) is 20.2. The van der Waals surface area contributed by atoms with Gasteiger partial charge < -0.3 is 5.11 Å². The van der Waals surface area contributed by atoms with E-state index in [1.807, 2.05) is 0 Å². The first kappa shape index (κ1) is 15.2. The van der Waals surface area contributed by atoms with Gasteiger partial charge in [-0.05, 0) is 37.5 Å². The summed E-state index contributed by atoms with van der Waals surface area (Å²) in [6, 6.07) is 0. The van der Waals surface area contributed by atoms with Crippen molar-refractivity contribution in [3.63, 3.8) is 0 Å². The fraction of sp³-hybridized carbons (Fsp3) is 1.00. The van der Waals surface area contributed by atoms with E-state index in [2.05, 4.69) is 17.3 Å². The zero-order valence-corrected chi connectivity index (χ0v) is 9.97. The van der Waals surface area contributed by atoms with Crippen molar-refractivity contribution >= 4 is 0 Å². The Morgan fingerprint density at radius 1 is 1.06 bits per heavy atom. The maximum atomic E-state index is 10.2. The molecule has 0 saturated heterocycles. The molecule has 0 aromatic heterocycles. The summed E-state index contributed by atoms with van der Waals surface area (Å²) in [5.41, 5.74) is 0. The molecule has 2 unspecified atom stereocenters. The molecule has 0 rings (SSSR count). The Kier molecular flexibility index (Phi) is 10.1. The van der Waals surface area contributed by atoms with Crippen molar-refractivity contribution in [2.45, 2.75) is 39.0 Å². The molecule has 5 nitrogen and oxygen atoms in total. The van der Waals surface area contributed by atoms with Gasteiger partial charge in [0.15, 0.2) is 0 Å². The Bertz CT molecular complexity index is 188. The summed E-state index contributed by atoms with van der Waals surface area (Å²) in [6.45, 7) is 2.92. The molecule has 0 aliphatic carbocycles. The molecular formula is C11H22N2O3. The Hall–Kier alpha value is -0.840. The lowest BCUT2D eigenvalue weighted by Gasteiger charge is -2.15. The van der Waals surface area contributed by atoms with Gasteiger partial charge in [-0.3, -0.25) is 0 Å². The second-order valence-corrected chi connectivity index (χ2v) is 4.37. The standard InChI is InChI=1S/C11H22N2O3/c1-10(3-2-8-14)4-5-11(9-13-16)6-7-12-15/h10-11,14H,2-9H2,1H3. The van der Waals surface area contributed by atoms with Crippen LogP contribution in [0.1, 0.15) is 39.0 Å². The molecule has 0 fully saturated rings. The van der Waals surface area contributed by atoms with E-state index in [0.29, 0.717) is 12.3 Å². The van der Waals surface area contributed by atoms with Crippen LogP contribution in [0, 0.1) is 21.6 Å². The van der Waals surface area contributed by atoms with Gasteiger partial charge in [-0.1, -0.05) is 23.7 Å². The van der Waals surface area contributed by atoms with E-state index in [1.54, 1.807) is 0 Å². The Morgan fingerprint density at radius 2 is 1.81 bits per heavy atom. The normalized spacial score (nSPS) is 14.4. The van der Waals surface area contributed by atoms with Gasteiger partial charge in [-0.15, -0.1) is 0 Å².